The summed E-state index contributed by atoms with van der Waals surface area (Å²) < 4.78 is 1.75. The van der Waals surface area contributed by atoms with E-state index in [0.717, 1.165) is 46.5 Å². The molecule has 0 atom stereocenters. The second-order valence-corrected chi connectivity index (χ2v) is 8.09. The van der Waals surface area contributed by atoms with E-state index in [1.54, 1.807) is 22.4 Å². The van der Waals surface area contributed by atoms with E-state index >= 15 is 0 Å². The first-order valence-corrected chi connectivity index (χ1v) is 11.1. The monoisotopic (exact) mass is 399 g/mol. The van der Waals surface area contributed by atoms with Gasteiger partial charge in [0.15, 0.2) is 5.16 Å². The predicted molar refractivity (Wildman–Crippen MR) is 118 cm³/mol. The highest BCUT2D eigenvalue weighted by Gasteiger charge is 2.17. The molecule has 0 saturated heterocycles. The summed E-state index contributed by atoms with van der Waals surface area (Å²) in [5, 5.41) is 3.53. The Kier molecular flexibility index (Phi) is 6.88. The maximum absolute atomic E-state index is 13.3. The van der Waals surface area contributed by atoms with Crippen molar-refractivity contribution in [1.82, 2.24) is 14.5 Å². The van der Waals surface area contributed by atoms with Crippen LogP contribution in [0.15, 0.2) is 58.3 Å². The maximum Gasteiger partial charge on any atom is 0.263 e. The van der Waals surface area contributed by atoms with Crippen LogP contribution in [-0.2, 0) is 6.54 Å². The van der Waals surface area contributed by atoms with Gasteiger partial charge in [-0.25, -0.2) is 4.98 Å². The van der Waals surface area contributed by atoms with E-state index < -0.39 is 0 Å². The highest BCUT2D eigenvalue weighted by molar-refractivity contribution is 7.99. The number of hydrogen-bond donors (Lipinski definition) is 0. The van der Waals surface area contributed by atoms with Gasteiger partial charge in [0.05, 0.1) is 5.39 Å². The third-order valence-corrected chi connectivity index (χ3v) is 6.42. The third-order valence-electron chi connectivity index (χ3n) is 4.59. The summed E-state index contributed by atoms with van der Waals surface area (Å²) in [6.45, 7) is 11.7. The first kappa shape index (κ1) is 19.9. The molecular formula is C21H25N3OS2. The standard InChI is InChI=1S/C21H25N3OS2/c1-4-12-24-20(25)18-17(16-10-8-7-9-11-16)15-27-19(18)22-21(24)26-14-13-23(5-2)6-3/h4,7-11,15H,1,5-6,12-14H2,2-3H3. The van der Waals surface area contributed by atoms with Crippen molar-refractivity contribution >= 4 is 33.3 Å². The minimum Gasteiger partial charge on any atom is -0.303 e. The molecule has 0 amide bonds. The van der Waals surface area contributed by atoms with Crippen LogP contribution in [0.5, 0.6) is 0 Å². The molecule has 142 valence electrons. The fraction of sp³-hybridized carbons (Fsp3) is 0.333. The molecule has 0 aliphatic heterocycles. The Labute approximate surface area is 168 Å². The van der Waals surface area contributed by atoms with Crippen molar-refractivity contribution in [3.05, 3.63) is 58.7 Å². The molecule has 0 aliphatic rings. The smallest absolute Gasteiger partial charge is 0.263 e. The zero-order chi connectivity index (χ0) is 19.2. The molecule has 0 spiro atoms. The van der Waals surface area contributed by atoms with Gasteiger partial charge in [0.2, 0.25) is 0 Å². The molecule has 0 saturated carbocycles. The minimum absolute atomic E-state index is 0.0188. The van der Waals surface area contributed by atoms with Crippen LogP contribution in [-0.4, -0.2) is 39.8 Å². The van der Waals surface area contributed by atoms with Crippen LogP contribution in [0.3, 0.4) is 0 Å². The minimum atomic E-state index is 0.0188. The molecular weight excluding hydrogens is 374 g/mol. The largest absolute Gasteiger partial charge is 0.303 e. The average Bonchev–Trinajstić information content (AvgIpc) is 3.13. The summed E-state index contributed by atoms with van der Waals surface area (Å²) in [5.41, 5.74) is 2.03. The number of thiophene rings is 1. The first-order valence-electron chi connectivity index (χ1n) is 9.23. The number of benzene rings is 1. The van der Waals surface area contributed by atoms with Gasteiger partial charge in [-0.1, -0.05) is 62.0 Å². The van der Waals surface area contributed by atoms with Crippen molar-refractivity contribution in [2.24, 2.45) is 0 Å². The van der Waals surface area contributed by atoms with Crippen LogP contribution in [0.2, 0.25) is 0 Å². The Hall–Kier alpha value is -1.89. The number of rotatable bonds is 9. The topological polar surface area (TPSA) is 38.1 Å². The Morgan fingerprint density at radius 2 is 2.00 bits per heavy atom. The molecule has 0 N–H and O–H groups in total. The lowest BCUT2D eigenvalue weighted by Crippen LogP contribution is -2.26. The van der Waals surface area contributed by atoms with Gasteiger partial charge in [0.1, 0.15) is 4.83 Å². The van der Waals surface area contributed by atoms with Gasteiger partial charge in [-0.2, -0.15) is 0 Å². The molecule has 1 aromatic carbocycles. The lowest BCUT2D eigenvalue weighted by molar-refractivity contribution is 0.323. The van der Waals surface area contributed by atoms with Crippen LogP contribution >= 0.6 is 23.1 Å². The molecule has 0 bridgehead atoms. The second kappa shape index (κ2) is 9.35. The average molecular weight is 400 g/mol. The number of hydrogen-bond acceptors (Lipinski definition) is 5. The van der Waals surface area contributed by atoms with E-state index in [1.807, 2.05) is 35.7 Å². The van der Waals surface area contributed by atoms with E-state index in [0.29, 0.717) is 11.9 Å². The molecule has 0 aliphatic carbocycles. The van der Waals surface area contributed by atoms with Crippen molar-refractivity contribution < 1.29 is 0 Å². The van der Waals surface area contributed by atoms with Crippen LogP contribution in [0.4, 0.5) is 0 Å². The Balaban J connectivity index is 1.99. The number of thioether (sulfide) groups is 1. The first-order chi connectivity index (χ1) is 13.2. The molecule has 0 radical (unpaired) electrons. The van der Waals surface area contributed by atoms with Crippen LogP contribution in [0.25, 0.3) is 21.3 Å². The van der Waals surface area contributed by atoms with Crippen molar-refractivity contribution in [3.8, 4) is 11.1 Å². The summed E-state index contributed by atoms with van der Waals surface area (Å²) in [7, 11) is 0. The molecule has 3 rings (SSSR count). The highest BCUT2D eigenvalue weighted by atomic mass is 32.2. The number of nitrogens with zero attached hydrogens (tertiary/aromatic N) is 3. The van der Waals surface area contributed by atoms with Gasteiger partial charge in [-0.05, 0) is 18.7 Å². The van der Waals surface area contributed by atoms with Gasteiger partial charge >= 0.3 is 0 Å². The zero-order valence-corrected chi connectivity index (χ0v) is 17.5. The van der Waals surface area contributed by atoms with E-state index in [9.17, 15) is 4.79 Å². The van der Waals surface area contributed by atoms with Crippen molar-refractivity contribution in [3.63, 3.8) is 0 Å². The van der Waals surface area contributed by atoms with Gasteiger partial charge in [0, 0.05) is 29.8 Å². The summed E-state index contributed by atoms with van der Waals surface area (Å²) in [6.07, 6.45) is 1.76. The molecule has 6 heteroatoms. The second-order valence-electron chi connectivity index (χ2n) is 6.17. The molecule has 2 heterocycles. The van der Waals surface area contributed by atoms with Gasteiger partial charge in [-0.3, -0.25) is 9.36 Å². The number of aromatic nitrogens is 2. The summed E-state index contributed by atoms with van der Waals surface area (Å²) >= 11 is 3.19. The van der Waals surface area contributed by atoms with Crippen molar-refractivity contribution in [2.75, 3.05) is 25.4 Å². The van der Waals surface area contributed by atoms with E-state index in [-0.39, 0.29) is 5.56 Å². The van der Waals surface area contributed by atoms with E-state index in [1.165, 1.54) is 11.3 Å². The zero-order valence-electron chi connectivity index (χ0n) is 15.9. The molecule has 2 aromatic heterocycles. The summed E-state index contributed by atoms with van der Waals surface area (Å²) in [4.78, 5) is 21.3. The normalized spacial score (nSPS) is 11.4. The molecule has 0 fully saturated rings. The third kappa shape index (κ3) is 4.34. The summed E-state index contributed by atoms with van der Waals surface area (Å²) in [5.74, 6) is 0.910. The van der Waals surface area contributed by atoms with E-state index in [4.69, 9.17) is 4.98 Å². The lowest BCUT2D eigenvalue weighted by Gasteiger charge is -2.17. The van der Waals surface area contributed by atoms with Gasteiger partial charge in [-0.15, -0.1) is 17.9 Å². The molecule has 0 unspecified atom stereocenters. The fourth-order valence-corrected chi connectivity index (χ4v) is 5.04. The lowest BCUT2D eigenvalue weighted by atomic mass is 10.1. The maximum atomic E-state index is 13.3. The van der Waals surface area contributed by atoms with Crippen molar-refractivity contribution in [2.45, 2.75) is 25.5 Å². The van der Waals surface area contributed by atoms with Crippen LogP contribution in [0, 0.1) is 0 Å². The predicted octanol–water partition coefficient (Wildman–Crippen LogP) is 4.74. The molecule has 27 heavy (non-hydrogen) atoms. The van der Waals surface area contributed by atoms with Crippen molar-refractivity contribution in [1.29, 1.82) is 0 Å². The molecule has 4 nitrogen and oxygen atoms in total. The van der Waals surface area contributed by atoms with Gasteiger partial charge in [0.25, 0.3) is 5.56 Å². The number of allylic oxidation sites excluding steroid dienone is 1. The highest BCUT2D eigenvalue weighted by Crippen LogP contribution is 2.32. The molecule has 3 aromatic rings. The Bertz CT molecular complexity index is 959. The number of fused-ring (bicyclic) bond motifs is 1. The fourth-order valence-electron chi connectivity index (χ4n) is 3.04. The van der Waals surface area contributed by atoms with E-state index in [2.05, 4.69) is 25.3 Å². The van der Waals surface area contributed by atoms with Gasteiger partial charge < -0.3 is 4.90 Å². The van der Waals surface area contributed by atoms with Crippen LogP contribution < -0.4 is 5.56 Å². The SMILES string of the molecule is C=CCn1c(SCCN(CC)CC)nc2scc(-c3ccccc3)c2c1=O. The van der Waals surface area contributed by atoms with Crippen LogP contribution in [0.1, 0.15) is 13.8 Å². The Morgan fingerprint density at radius 3 is 2.67 bits per heavy atom. The summed E-state index contributed by atoms with van der Waals surface area (Å²) in [6, 6.07) is 10.0. The quantitative estimate of drug-likeness (QED) is 0.296. The Morgan fingerprint density at radius 1 is 1.26 bits per heavy atom.